The molecule has 1 aromatic rings. The summed E-state index contributed by atoms with van der Waals surface area (Å²) in [6.07, 6.45) is 2.00. The van der Waals surface area contributed by atoms with E-state index in [0.717, 1.165) is 31.0 Å². The molecular formula is C12H14F2N2O2. The molecule has 1 aliphatic rings. The van der Waals surface area contributed by atoms with E-state index in [1.807, 2.05) is 0 Å². The fraction of sp³-hybridized carbons (Fsp3) is 0.417. The van der Waals surface area contributed by atoms with E-state index in [2.05, 4.69) is 5.32 Å². The van der Waals surface area contributed by atoms with Crippen LogP contribution >= 0.6 is 0 Å². The van der Waals surface area contributed by atoms with Gasteiger partial charge in [-0.15, -0.1) is 0 Å². The van der Waals surface area contributed by atoms with Crippen LogP contribution in [0.5, 0.6) is 5.75 Å². The average molecular weight is 256 g/mol. The van der Waals surface area contributed by atoms with Gasteiger partial charge in [-0.3, -0.25) is 4.79 Å². The smallest absolute Gasteiger partial charge is 0.238 e. The first-order valence-corrected chi connectivity index (χ1v) is 5.69. The number of benzene rings is 1. The minimum Gasteiger partial charge on any atom is -0.491 e. The number of ether oxygens (including phenoxy) is 1. The van der Waals surface area contributed by atoms with Crippen molar-refractivity contribution in [2.75, 3.05) is 6.61 Å². The van der Waals surface area contributed by atoms with Crippen LogP contribution in [0.25, 0.3) is 0 Å². The monoisotopic (exact) mass is 256 g/mol. The van der Waals surface area contributed by atoms with Crippen molar-refractivity contribution >= 4 is 5.91 Å². The molecule has 0 radical (unpaired) electrons. The van der Waals surface area contributed by atoms with Crippen molar-refractivity contribution < 1.29 is 18.3 Å². The summed E-state index contributed by atoms with van der Waals surface area (Å²) in [6, 6.07) is 2.50. The van der Waals surface area contributed by atoms with Gasteiger partial charge in [0, 0.05) is 24.2 Å². The summed E-state index contributed by atoms with van der Waals surface area (Å²) in [6.45, 7) is -0.0469. The number of carbonyl (C=O) groups excluding carboxylic acids is 1. The molecule has 1 fully saturated rings. The van der Waals surface area contributed by atoms with Gasteiger partial charge in [-0.1, -0.05) is 0 Å². The SMILES string of the molecule is NC(=O)C(COc1cc(F)cc(F)c1)NC1CC1. The van der Waals surface area contributed by atoms with Gasteiger partial charge >= 0.3 is 0 Å². The third-order valence-electron chi connectivity index (χ3n) is 2.61. The fourth-order valence-electron chi connectivity index (χ4n) is 1.54. The lowest BCUT2D eigenvalue weighted by Gasteiger charge is -2.15. The lowest BCUT2D eigenvalue weighted by molar-refractivity contribution is -0.120. The molecule has 0 saturated heterocycles. The van der Waals surface area contributed by atoms with Crippen molar-refractivity contribution in [1.29, 1.82) is 0 Å². The summed E-state index contributed by atoms with van der Waals surface area (Å²) in [7, 11) is 0. The second-order valence-corrected chi connectivity index (χ2v) is 4.31. The van der Waals surface area contributed by atoms with E-state index in [0.29, 0.717) is 0 Å². The first kappa shape index (κ1) is 12.8. The number of nitrogens with one attached hydrogen (secondary N) is 1. The fourth-order valence-corrected chi connectivity index (χ4v) is 1.54. The summed E-state index contributed by atoms with van der Waals surface area (Å²) >= 11 is 0. The third-order valence-corrected chi connectivity index (χ3v) is 2.61. The number of carbonyl (C=O) groups is 1. The first-order chi connectivity index (χ1) is 8.54. The third kappa shape index (κ3) is 3.66. The minimum absolute atomic E-state index is 0.0383. The molecule has 4 nitrogen and oxygen atoms in total. The molecule has 1 aromatic carbocycles. The van der Waals surface area contributed by atoms with Crippen molar-refractivity contribution in [2.24, 2.45) is 5.73 Å². The van der Waals surface area contributed by atoms with E-state index >= 15 is 0 Å². The number of amides is 1. The maximum Gasteiger partial charge on any atom is 0.238 e. The van der Waals surface area contributed by atoms with Gasteiger partial charge in [0.2, 0.25) is 5.91 Å². The van der Waals surface area contributed by atoms with Crippen LogP contribution in [-0.2, 0) is 4.79 Å². The van der Waals surface area contributed by atoms with E-state index in [1.54, 1.807) is 0 Å². The summed E-state index contributed by atoms with van der Waals surface area (Å²) < 4.78 is 31.0. The molecule has 1 unspecified atom stereocenters. The molecule has 6 heteroatoms. The summed E-state index contributed by atoms with van der Waals surface area (Å²) in [5.74, 6) is -1.96. The van der Waals surface area contributed by atoms with Crippen LogP contribution in [0.4, 0.5) is 8.78 Å². The molecule has 2 rings (SSSR count). The van der Waals surface area contributed by atoms with E-state index in [9.17, 15) is 13.6 Å². The van der Waals surface area contributed by atoms with Gasteiger partial charge in [-0.2, -0.15) is 0 Å². The predicted octanol–water partition coefficient (Wildman–Crippen LogP) is 0.949. The largest absolute Gasteiger partial charge is 0.491 e. The summed E-state index contributed by atoms with van der Waals surface area (Å²) in [5.41, 5.74) is 5.21. The Kier molecular flexibility index (Phi) is 3.76. The Balaban J connectivity index is 1.93. The van der Waals surface area contributed by atoms with Gasteiger partial charge in [0.15, 0.2) is 0 Å². The highest BCUT2D eigenvalue weighted by Crippen LogP contribution is 2.20. The maximum atomic E-state index is 12.9. The highest BCUT2D eigenvalue weighted by atomic mass is 19.1. The van der Waals surface area contributed by atoms with Crippen LogP contribution in [0, 0.1) is 11.6 Å². The number of hydrogen-bond donors (Lipinski definition) is 2. The molecule has 1 aliphatic carbocycles. The van der Waals surface area contributed by atoms with Gasteiger partial charge in [0.05, 0.1) is 0 Å². The second kappa shape index (κ2) is 5.30. The molecule has 0 bridgehead atoms. The Bertz CT molecular complexity index is 429. The van der Waals surface area contributed by atoms with Crippen molar-refractivity contribution in [1.82, 2.24) is 5.32 Å². The Morgan fingerprint density at radius 2 is 2.00 bits per heavy atom. The van der Waals surface area contributed by atoms with Crippen LogP contribution in [-0.4, -0.2) is 24.6 Å². The number of nitrogens with two attached hydrogens (primary N) is 1. The number of hydrogen-bond acceptors (Lipinski definition) is 3. The van der Waals surface area contributed by atoms with E-state index in [-0.39, 0.29) is 18.4 Å². The second-order valence-electron chi connectivity index (χ2n) is 4.31. The van der Waals surface area contributed by atoms with E-state index in [4.69, 9.17) is 10.5 Å². The van der Waals surface area contributed by atoms with Crippen molar-refractivity contribution in [3.63, 3.8) is 0 Å². The van der Waals surface area contributed by atoms with Crippen LogP contribution in [0.3, 0.4) is 0 Å². The Morgan fingerprint density at radius 1 is 1.39 bits per heavy atom. The first-order valence-electron chi connectivity index (χ1n) is 5.69. The van der Waals surface area contributed by atoms with Crippen molar-refractivity contribution in [3.05, 3.63) is 29.8 Å². The highest BCUT2D eigenvalue weighted by Gasteiger charge is 2.27. The average Bonchev–Trinajstić information content (AvgIpc) is 3.06. The van der Waals surface area contributed by atoms with Gasteiger partial charge < -0.3 is 15.8 Å². The Labute approximate surface area is 103 Å². The van der Waals surface area contributed by atoms with Gasteiger partial charge in [-0.05, 0) is 12.8 Å². The van der Waals surface area contributed by atoms with Crippen molar-refractivity contribution in [2.45, 2.75) is 24.9 Å². The zero-order chi connectivity index (χ0) is 13.1. The molecule has 0 heterocycles. The van der Waals surface area contributed by atoms with Crippen molar-refractivity contribution in [3.8, 4) is 5.75 Å². The lowest BCUT2D eigenvalue weighted by atomic mass is 10.3. The van der Waals surface area contributed by atoms with Crippen LogP contribution in [0.1, 0.15) is 12.8 Å². The van der Waals surface area contributed by atoms with E-state index < -0.39 is 23.6 Å². The van der Waals surface area contributed by atoms with Crippen LogP contribution in [0.2, 0.25) is 0 Å². The van der Waals surface area contributed by atoms with E-state index in [1.165, 1.54) is 0 Å². The molecule has 3 N–H and O–H groups in total. The Hall–Kier alpha value is -1.69. The molecule has 1 saturated carbocycles. The topological polar surface area (TPSA) is 64.4 Å². The molecule has 0 spiro atoms. The standard InChI is InChI=1S/C12H14F2N2O2/c13-7-3-8(14)5-10(4-7)18-6-11(12(15)17)16-9-1-2-9/h3-5,9,11,16H,1-2,6H2,(H2,15,17). The Morgan fingerprint density at radius 3 is 2.50 bits per heavy atom. The minimum atomic E-state index is -0.726. The maximum absolute atomic E-state index is 12.9. The molecule has 1 atom stereocenters. The van der Waals surface area contributed by atoms with Gasteiger partial charge in [0.1, 0.15) is 30.0 Å². The van der Waals surface area contributed by atoms with Crippen LogP contribution in [0.15, 0.2) is 18.2 Å². The quantitative estimate of drug-likeness (QED) is 0.796. The molecule has 98 valence electrons. The molecule has 0 aromatic heterocycles. The zero-order valence-corrected chi connectivity index (χ0v) is 9.66. The molecule has 18 heavy (non-hydrogen) atoms. The number of primary amides is 1. The summed E-state index contributed by atoms with van der Waals surface area (Å²) in [4.78, 5) is 11.1. The van der Waals surface area contributed by atoms with Crippen LogP contribution < -0.4 is 15.8 Å². The summed E-state index contributed by atoms with van der Waals surface area (Å²) in [5, 5.41) is 3.00. The lowest BCUT2D eigenvalue weighted by Crippen LogP contribution is -2.46. The predicted molar refractivity (Wildman–Crippen MR) is 61.0 cm³/mol. The molecule has 1 amide bonds. The highest BCUT2D eigenvalue weighted by molar-refractivity contribution is 5.80. The number of halogens is 2. The van der Waals surface area contributed by atoms with Gasteiger partial charge in [0.25, 0.3) is 0 Å². The normalized spacial score (nSPS) is 16.3. The number of rotatable bonds is 6. The van der Waals surface area contributed by atoms with Gasteiger partial charge in [-0.25, -0.2) is 8.78 Å². The molecular weight excluding hydrogens is 242 g/mol. The molecule has 0 aliphatic heterocycles. The zero-order valence-electron chi connectivity index (χ0n) is 9.66.